The molecular weight excluding hydrogens is 358 g/mol. The van der Waals surface area contributed by atoms with Crippen molar-refractivity contribution in [3.8, 4) is 0 Å². The lowest BCUT2D eigenvalue weighted by Gasteiger charge is -2.23. The van der Waals surface area contributed by atoms with Crippen LogP contribution in [-0.4, -0.2) is 32.3 Å². The van der Waals surface area contributed by atoms with Crippen molar-refractivity contribution in [3.63, 3.8) is 0 Å². The fourth-order valence-corrected chi connectivity index (χ4v) is 4.69. The van der Waals surface area contributed by atoms with Gasteiger partial charge in [-0.25, -0.2) is 13.1 Å². The van der Waals surface area contributed by atoms with Gasteiger partial charge < -0.3 is 9.84 Å². The number of aliphatic hydroxyl groups excluding tert-OH is 1. The summed E-state index contributed by atoms with van der Waals surface area (Å²) in [6.45, 7) is 1.69. The van der Waals surface area contributed by atoms with E-state index in [-0.39, 0.29) is 10.8 Å². The minimum absolute atomic E-state index is 0.108. The number of aliphatic hydroxyl groups is 1. The van der Waals surface area contributed by atoms with Crippen molar-refractivity contribution in [2.75, 3.05) is 6.61 Å². The minimum Gasteiger partial charge on any atom is -0.395 e. The topological polar surface area (TPSA) is 75.6 Å². The number of hydrogen-bond acceptors (Lipinski definition) is 5. The van der Waals surface area contributed by atoms with E-state index in [1.807, 2.05) is 30.3 Å². The lowest BCUT2D eigenvalue weighted by atomic mass is 10.2. The highest BCUT2D eigenvalue weighted by Crippen LogP contribution is 2.25. The molecule has 0 fully saturated rings. The largest absolute Gasteiger partial charge is 0.395 e. The molecule has 0 radical (unpaired) electrons. The lowest BCUT2D eigenvalue weighted by Crippen LogP contribution is -2.45. The van der Waals surface area contributed by atoms with Gasteiger partial charge in [0.25, 0.3) is 10.0 Å². The Balaban J connectivity index is 1.98. The van der Waals surface area contributed by atoms with Crippen LogP contribution < -0.4 is 4.72 Å². The summed E-state index contributed by atoms with van der Waals surface area (Å²) < 4.78 is 33.1. The van der Waals surface area contributed by atoms with Gasteiger partial charge >= 0.3 is 0 Å². The van der Waals surface area contributed by atoms with E-state index in [1.165, 1.54) is 12.1 Å². The normalized spacial score (nSPS) is 14.6. The second-order valence-electron chi connectivity index (χ2n) is 4.97. The van der Waals surface area contributed by atoms with E-state index in [1.54, 1.807) is 6.92 Å². The van der Waals surface area contributed by atoms with E-state index in [4.69, 9.17) is 16.3 Å². The molecule has 0 aliphatic carbocycles. The molecule has 5 nitrogen and oxygen atoms in total. The molecule has 1 aromatic heterocycles. The second-order valence-corrected chi connectivity index (χ2v) is 8.63. The first-order valence-corrected chi connectivity index (χ1v) is 9.64. The van der Waals surface area contributed by atoms with Gasteiger partial charge in [-0.1, -0.05) is 41.9 Å². The number of rotatable bonds is 8. The first-order chi connectivity index (χ1) is 10.9. The van der Waals surface area contributed by atoms with Gasteiger partial charge in [-0.3, -0.25) is 0 Å². The van der Waals surface area contributed by atoms with Gasteiger partial charge in [0.2, 0.25) is 0 Å². The average Bonchev–Trinajstić information content (AvgIpc) is 2.99. The Morgan fingerprint density at radius 2 is 1.96 bits per heavy atom. The van der Waals surface area contributed by atoms with E-state index in [2.05, 4.69) is 4.72 Å². The highest BCUT2D eigenvalue weighted by molar-refractivity contribution is 7.91. The van der Waals surface area contributed by atoms with Crippen LogP contribution in [0.4, 0.5) is 0 Å². The monoisotopic (exact) mass is 375 g/mol. The van der Waals surface area contributed by atoms with Gasteiger partial charge in [-0.2, -0.15) is 0 Å². The van der Waals surface area contributed by atoms with Crippen LogP contribution in [0.3, 0.4) is 0 Å². The molecule has 23 heavy (non-hydrogen) atoms. The highest BCUT2D eigenvalue weighted by atomic mass is 35.5. The lowest BCUT2D eigenvalue weighted by molar-refractivity contribution is 0.0180. The van der Waals surface area contributed by atoms with Gasteiger partial charge in [0.1, 0.15) is 4.21 Å². The number of nitrogens with one attached hydrogen (secondary N) is 1. The molecule has 1 heterocycles. The predicted octanol–water partition coefficient (Wildman–Crippen LogP) is 2.65. The van der Waals surface area contributed by atoms with Gasteiger partial charge in [0.15, 0.2) is 0 Å². The molecule has 0 aliphatic heterocycles. The Kier molecular flexibility index (Phi) is 6.58. The van der Waals surface area contributed by atoms with Crippen molar-refractivity contribution in [2.24, 2.45) is 0 Å². The molecule has 0 saturated carbocycles. The van der Waals surface area contributed by atoms with Crippen LogP contribution in [0.25, 0.3) is 0 Å². The van der Waals surface area contributed by atoms with E-state index in [0.717, 1.165) is 16.9 Å². The van der Waals surface area contributed by atoms with Crippen LogP contribution >= 0.6 is 22.9 Å². The van der Waals surface area contributed by atoms with Crippen LogP contribution in [0.5, 0.6) is 0 Å². The molecule has 0 unspecified atom stereocenters. The summed E-state index contributed by atoms with van der Waals surface area (Å²) in [4.78, 5) is 0. The van der Waals surface area contributed by atoms with E-state index in [0.29, 0.717) is 10.9 Å². The van der Waals surface area contributed by atoms with Crippen LogP contribution in [-0.2, 0) is 21.4 Å². The third-order valence-electron chi connectivity index (χ3n) is 3.24. The zero-order valence-electron chi connectivity index (χ0n) is 12.5. The van der Waals surface area contributed by atoms with Crippen LogP contribution in [0.2, 0.25) is 4.34 Å². The van der Waals surface area contributed by atoms with Gasteiger partial charge in [-0.05, 0) is 24.6 Å². The maximum absolute atomic E-state index is 12.3. The third kappa shape index (κ3) is 5.27. The zero-order valence-corrected chi connectivity index (χ0v) is 14.9. The van der Waals surface area contributed by atoms with Crippen molar-refractivity contribution in [2.45, 2.75) is 29.9 Å². The maximum atomic E-state index is 12.3. The fraction of sp³-hybridized carbons (Fsp3) is 0.333. The van der Waals surface area contributed by atoms with Gasteiger partial charge in [-0.15, -0.1) is 11.3 Å². The number of benzene rings is 1. The van der Waals surface area contributed by atoms with E-state index < -0.39 is 22.2 Å². The molecule has 1 aromatic carbocycles. The number of thiophene rings is 1. The van der Waals surface area contributed by atoms with Gasteiger partial charge in [0, 0.05) is 0 Å². The molecule has 2 rings (SSSR count). The zero-order chi connectivity index (χ0) is 16.9. The van der Waals surface area contributed by atoms with Crippen molar-refractivity contribution in [1.82, 2.24) is 4.72 Å². The molecule has 2 aromatic rings. The summed E-state index contributed by atoms with van der Waals surface area (Å²) >= 11 is 6.73. The summed E-state index contributed by atoms with van der Waals surface area (Å²) in [7, 11) is -3.73. The SMILES string of the molecule is C[C@H](OCc1ccccc1)[C@H](CO)NS(=O)(=O)c1ccc(Cl)s1. The number of hydrogen-bond donors (Lipinski definition) is 2. The van der Waals surface area contributed by atoms with E-state index in [9.17, 15) is 13.5 Å². The molecule has 0 saturated heterocycles. The second kappa shape index (κ2) is 8.23. The summed E-state index contributed by atoms with van der Waals surface area (Å²) in [5.41, 5.74) is 0.976. The quantitative estimate of drug-likeness (QED) is 0.743. The number of sulfonamides is 1. The molecular formula is C15H18ClNO4S2. The first-order valence-electron chi connectivity index (χ1n) is 6.96. The number of halogens is 1. The Morgan fingerprint density at radius 3 is 2.52 bits per heavy atom. The Bertz CT molecular complexity index is 718. The predicted molar refractivity (Wildman–Crippen MR) is 91.2 cm³/mol. The average molecular weight is 376 g/mol. The molecule has 8 heteroatoms. The molecule has 126 valence electrons. The van der Waals surface area contributed by atoms with Crippen molar-refractivity contribution in [1.29, 1.82) is 0 Å². The molecule has 2 atom stereocenters. The van der Waals surface area contributed by atoms with Crippen LogP contribution in [0, 0.1) is 0 Å². The standard InChI is InChI=1S/C15H18ClNO4S2/c1-11(21-10-12-5-3-2-4-6-12)13(9-18)17-23(19,20)15-8-7-14(16)22-15/h2-8,11,13,17-18H,9-10H2,1H3/t11-,13-/m0/s1. The summed E-state index contributed by atoms with van der Waals surface area (Å²) in [5, 5.41) is 9.48. The molecule has 0 bridgehead atoms. The Morgan fingerprint density at radius 1 is 1.26 bits per heavy atom. The summed E-state index contributed by atoms with van der Waals surface area (Å²) in [6.07, 6.45) is -0.495. The van der Waals surface area contributed by atoms with Crippen molar-refractivity contribution in [3.05, 3.63) is 52.4 Å². The first kappa shape index (κ1) is 18.4. The molecule has 0 spiro atoms. The smallest absolute Gasteiger partial charge is 0.250 e. The highest BCUT2D eigenvalue weighted by Gasteiger charge is 2.25. The fourth-order valence-electron chi connectivity index (χ4n) is 1.90. The van der Waals surface area contributed by atoms with Gasteiger partial charge in [0.05, 0.1) is 29.7 Å². The molecule has 0 amide bonds. The van der Waals surface area contributed by atoms with Crippen LogP contribution in [0.1, 0.15) is 12.5 Å². The minimum atomic E-state index is -3.73. The summed E-state index contributed by atoms with van der Waals surface area (Å²) in [6, 6.07) is 11.7. The van der Waals surface area contributed by atoms with Crippen molar-refractivity contribution >= 4 is 33.0 Å². The number of ether oxygens (including phenoxy) is 1. The maximum Gasteiger partial charge on any atom is 0.250 e. The third-order valence-corrected chi connectivity index (χ3v) is 6.45. The van der Waals surface area contributed by atoms with E-state index >= 15 is 0 Å². The Labute approximate surface area is 144 Å². The molecule has 2 N–H and O–H groups in total. The summed E-state index contributed by atoms with van der Waals surface area (Å²) in [5.74, 6) is 0. The van der Waals surface area contributed by atoms with Crippen LogP contribution in [0.15, 0.2) is 46.7 Å². The van der Waals surface area contributed by atoms with Crippen molar-refractivity contribution < 1.29 is 18.3 Å². The Hall–Kier alpha value is -0.960. The molecule has 0 aliphatic rings.